The third-order valence-electron chi connectivity index (χ3n) is 3.63. The van der Waals surface area contributed by atoms with Crippen LogP contribution in [0.25, 0.3) is 0 Å². The Morgan fingerprint density at radius 2 is 2.11 bits per heavy atom. The number of likely N-dealkylation sites (tertiary alicyclic amines) is 1. The summed E-state index contributed by atoms with van der Waals surface area (Å²) in [6.45, 7) is 4.87. The highest BCUT2D eigenvalue weighted by Gasteiger charge is 2.25. The van der Waals surface area contributed by atoms with Gasteiger partial charge in [0.15, 0.2) is 0 Å². The molecular formula is C13H23N5O. The lowest BCUT2D eigenvalue weighted by atomic mass is 10.1. The van der Waals surface area contributed by atoms with Crippen LogP contribution in [0.1, 0.15) is 38.3 Å². The molecule has 2 heterocycles. The SMILES string of the molecule is CC(C)c1nn(C)c(NC2CCC(=O)N(C)C2)c1N. The maximum Gasteiger partial charge on any atom is 0.222 e. The van der Waals surface area contributed by atoms with Crippen LogP contribution in [0.5, 0.6) is 0 Å². The van der Waals surface area contributed by atoms with Crippen LogP contribution in [0.15, 0.2) is 0 Å². The summed E-state index contributed by atoms with van der Waals surface area (Å²) in [5.74, 6) is 1.37. The molecule has 1 fully saturated rings. The second kappa shape index (κ2) is 5.11. The molecule has 1 saturated heterocycles. The summed E-state index contributed by atoms with van der Waals surface area (Å²) in [4.78, 5) is 13.2. The highest BCUT2D eigenvalue weighted by molar-refractivity contribution is 5.77. The van der Waals surface area contributed by atoms with Gasteiger partial charge in [0, 0.05) is 33.1 Å². The predicted molar refractivity (Wildman–Crippen MR) is 76.0 cm³/mol. The number of amides is 1. The Morgan fingerprint density at radius 1 is 1.42 bits per heavy atom. The number of carbonyl (C=O) groups is 1. The molecule has 1 atom stereocenters. The average Bonchev–Trinajstić information content (AvgIpc) is 2.62. The standard InChI is InChI=1S/C13H23N5O/c1-8(2)12-11(14)13(18(4)16-12)15-9-5-6-10(19)17(3)7-9/h8-9,15H,5-7,14H2,1-4H3. The number of nitrogen functional groups attached to an aromatic ring is 1. The lowest BCUT2D eigenvalue weighted by molar-refractivity contribution is -0.132. The van der Waals surface area contributed by atoms with Gasteiger partial charge in [-0.05, 0) is 12.3 Å². The van der Waals surface area contributed by atoms with Crippen LogP contribution in [-0.2, 0) is 11.8 Å². The number of piperidine rings is 1. The number of nitrogens with two attached hydrogens (primary N) is 1. The second-order valence-corrected chi connectivity index (χ2v) is 5.58. The van der Waals surface area contributed by atoms with E-state index in [0.717, 1.165) is 23.6 Å². The fourth-order valence-corrected chi connectivity index (χ4v) is 2.48. The number of anilines is 2. The van der Waals surface area contributed by atoms with Gasteiger partial charge in [-0.15, -0.1) is 0 Å². The van der Waals surface area contributed by atoms with Crippen LogP contribution in [0.2, 0.25) is 0 Å². The van der Waals surface area contributed by atoms with E-state index in [1.807, 2.05) is 14.1 Å². The van der Waals surface area contributed by atoms with Gasteiger partial charge in [0.25, 0.3) is 0 Å². The lowest BCUT2D eigenvalue weighted by Gasteiger charge is -2.30. The first-order valence-electron chi connectivity index (χ1n) is 6.73. The number of rotatable bonds is 3. The molecule has 1 aliphatic heterocycles. The van der Waals surface area contributed by atoms with Crippen molar-refractivity contribution < 1.29 is 4.79 Å². The molecule has 19 heavy (non-hydrogen) atoms. The molecule has 1 aromatic rings. The lowest BCUT2D eigenvalue weighted by Crippen LogP contribution is -2.43. The molecule has 0 radical (unpaired) electrons. The van der Waals surface area contributed by atoms with Crippen molar-refractivity contribution in [3.05, 3.63) is 5.69 Å². The molecule has 3 N–H and O–H groups in total. The molecule has 6 heteroatoms. The van der Waals surface area contributed by atoms with Gasteiger partial charge in [-0.1, -0.05) is 13.8 Å². The van der Waals surface area contributed by atoms with Crippen molar-refractivity contribution in [3.8, 4) is 0 Å². The number of carbonyl (C=O) groups excluding carboxylic acids is 1. The summed E-state index contributed by atoms with van der Waals surface area (Å²) >= 11 is 0. The molecule has 1 amide bonds. The zero-order valence-corrected chi connectivity index (χ0v) is 12.1. The van der Waals surface area contributed by atoms with Crippen LogP contribution >= 0.6 is 0 Å². The number of aromatic nitrogens is 2. The van der Waals surface area contributed by atoms with E-state index >= 15 is 0 Å². The average molecular weight is 265 g/mol. The van der Waals surface area contributed by atoms with Crippen LogP contribution in [0, 0.1) is 0 Å². The number of likely N-dealkylation sites (N-methyl/N-ethyl adjacent to an activating group) is 1. The van der Waals surface area contributed by atoms with Gasteiger partial charge in [0.2, 0.25) is 5.91 Å². The first kappa shape index (κ1) is 13.7. The maximum absolute atomic E-state index is 11.5. The molecule has 0 bridgehead atoms. The maximum atomic E-state index is 11.5. The van der Waals surface area contributed by atoms with Crippen molar-refractivity contribution in [2.45, 2.75) is 38.6 Å². The van der Waals surface area contributed by atoms with Crippen LogP contribution in [0.3, 0.4) is 0 Å². The van der Waals surface area contributed by atoms with Crippen molar-refractivity contribution in [2.75, 3.05) is 24.6 Å². The van der Waals surface area contributed by atoms with Crippen molar-refractivity contribution in [2.24, 2.45) is 7.05 Å². The van der Waals surface area contributed by atoms with E-state index in [4.69, 9.17) is 5.73 Å². The van der Waals surface area contributed by atoms with E-state index in [2.05, 4.69) is 24.3 Å². The first-order valence-corrected chi connectivity index (χ1v) is 6.73. The molecule has 1 aromatic heterocycles. The van der Waals surface area contributed by atoms with E-state index < -0.39 is 0 Å². The van der Waals surface area contributed by atoms with E-state index in [0.29, 0.717) is 18.9 Å². The Balaban J connectivity index is 2.13. The number of hydrogen-bond donors (Lipinski definition) is 2. The zero-order valence-electron chi connectivity index (χ0n) is 12.1. The van der Waals surface area contributed by atoms with Gasteiger partial charge in [0.1, 0.15) is 5.82 Å². The van der Waals surface area contributed by atoms with Gasteiger partial charge in [0.05, 0.1) is 11.4 Å². The molecule has 0 spiro atoms. The van der Waals surface area contributed by atoms with Crippen molar-refractivity contribution >= 4 is 17.4 Å². The summed E-state index contributed by atoms with van der Waals surface area (Å²) in [5.41, 5.74) is 7.80. The monoisotopic (exact) mass is 265 g/mol. The highest BCUT2D eigenvalue weighted by Crippen LogP contribution is 2.29. The minimum atomic E-state index is 0.207. The Kier molecular flexibility index (Phi) is 3.68. The Hall–Kier alpha value is -1.72. The molecule has 2 rings (SSSR count). The highest BCUT2D eigenvalue weighted by atomic mass is 16.2. The van der Waals surface area contributed by atoms with Gasteiger partial charge in [-0.2, -0.15) is 5.10 Å². The Labute approximate surface area is 113 Å². The fourth-order valence-electron chi connectivity index (χ4n) is 2.48. The summed E-state index contributed by atoms with van der Waals surface area (Å²) in [6.07, 6.45) is 1.42. The van der Waals surface area contributed by atoms with Gasteiger partial charge in [-0.3, -0.25) is 9.48 Å². The quantitative estimate of drug-likeness (QED) is 0.860. The summed E-state index contributed by atoms with van der Waals surface area (Å²) < 4.78 is 1.79. The summed E-state index contributed by atoms with van der Waals surface area (Å²) in [6, 6.07) is 0.236. The van der Waals surface area contributed by atoms with E-state index in [1.54, 1.807) is 9.58 Å². The predicted octanol–water partition coefficient (Wildman–Crippen LogP) is 1.16. The molecule has 1 aliphatic rings. The Bertz CT molecular complexity index is 480. The van der Waals surface area contributed by atoms with Gasteiger partial charge >= 0.3 is 0 Å². The first-order chi connectivity index (χ1) is 8.90. The normalized spacial score (nSPS) is 20.2. The second-order valence-electron chi connectivity index (χ2n) is 5.58. The molecule has 0 saturated carbocycles. The molecule has 106 valence electrons. The third-order valence-corrected chi connectivity index (χ3v) is 3.63. The fraction of sp³-hybridized carbons (Fsp3) is 0.692. The van der Waals surface area contributed by atoms with Crippen molar-refractivity contribution in [1.29, 1.82) is 0 Å². The number of nitrogens with zero attached hydrogens (tertiary/aromatic N) is 3. The minimum absolute atomic E-state index is 0.207. The molecule has 1 unspecified atom stereocenters. The Morgan fingerprint density at radius 3 is 2.63 bits per heavy atom. The van der Waals surface area contributed by atoms with Crippen LogP contribution in [0.4, 0.5) is 11.5 Å². The number of hydrogen-bond acceptors (Lipinski definition) is 4. The van der Waals surface area contributed by atoms with Crippen LogP contribution in [-0.4, -0.2) is 40.2 Å². The van der Waals surface area contributed by atoms with Crippen molar-refractivity contribution in [3.63, 3.8) is 0 Å². The van der Waals surface area contributed by atoms with E-state index in [1.165, 1.54) is 0 Å². The van der Waals surface area contributed by atoms with Crippen LogP contribution < -0.4 is 11.1 Å². The van der Waals surface area contributed by atoms with Crippen molar-refractivity contribution in [1.82, 2.24) is 14.7 Å². The molecule has 0 aromatic carbocycles. The van der Waals surface area contributed by atoms with Gasteiger partial charge < -0.3 is 16.0 Å². The van der Waals surface area contributed by atoms with Gasteiger partial charge in [-0.25, -0.2) is 0 Å². The zero-order chi connectivity index (χ0) is 14.2. The third kappa shape index (κ3) is 2.67. The largest absolute Gasteiger partial charge is 0.394 e. The van der Waals surface area contributed by atoms with E-state index in [-0.39, 0.29) is 11.9 Å². The molecule has 0 aliphatic carbocycles. The topological polar surface area (TPSA) is 76.2 Å². The summed E-state index contributed by atoms with van der Waals surface area (Å²) in [7, 11) is 3.73. The number of nitrogens with one attached hydrogen (secondary N) is 1. The molecule has 6 nitrogen and oxygen atoms in total. The number of aryl methyl sites for hydroxylation is 1. The molecular weight excluding hydrogens is 242 g/mol. The smallest absolute Gasteiger partial charge is 0.222 e. The summed E-state index contributed by atoms with van der Waals surface area (Å²) in [5, 5.41) is 7.88. The minimum Gasteiger partial charge on any atom is -0.394 e. The van der Waals surface area contributed by atoms with E-state index in [9.17, 15) is 4.79 Å².